The molecular formula is C14H28N2. The summed E-state index contributed by atoms with van der Waals surface area (Å²) in [7, 11) is 0. The van der Waals surface area contributed by atoms with Gasteiger partial charge in [-0.05, 0) is 51.1 Å². The quantitative estimate of drug-likeness (QED) is 0.746. The van der Waals surface area contributed by atoms with E-state index in [1.165, 1.54) is 51.6 Å². The molecule has 2 aliphatic carbocycles. The van der Waals surface area contributed by atoms with E-state index in [2.05, 4.69) is 24.1 Å². The van der Waals surface area contributed by atoms with Gasteiger partial charge in [-0.25, -0.2) is 0 Å². The van der Waals surface area contributed by atoms with Gasteiger partial charge in [0.25, 0.3) is 0 Å². The SMILES string of the molecule is CCNC1CCC(N(CC)CC2CCC2)C1. The summed E-state index contributed by atoms with van der Waals surface area (Å²) in [5.74, 6) is 1.03. The van der Waals surface area contributed by atoms with Crippen molar-refractivity contribution in [2.75, 3.05) is 19.6 Å². The molecule has 2 atom stereocenters. The standard InChI is InChI=1S/C14H28N2/c1-3-15-13-8-9-14(10-13)16(4-2)11-12-6-5-7-12/h12-15H,3-11H2,1-2H3. The maximum atomic E-state index is 3.61. The highest BCUT2D eigenvalue weighted by molar-refractivity contribution is 4.87. The van der Waals surface area contributed by atoms with E-state index in [9.17, 15) is 0 Å². The van der Waals surface area contributed by atoms with Crippen LogP contribution in [0.3, 0.4) is 0 Å². The van der Waals surface area contributed by atoms with E-state index in [-0.39, 0.29) is 0 Å². The maximum Gasteiger partial charge on any atom is 0.0111 e. The second-order valence-electron chi connectivity index (χ2n) is 5.61. The predicted octanol–water partition coefficient (Wildman–Crippen LogP) is 2.64. The molecule has 2 unspecified atom stereocenters. The van der Waals surface area contributed by atoms with Crippen LogP contribution in [0.25, 0.3) is 0 Å². The van der Waals surface area contributed by atoms with Gasteiger partial charge in [0.2, 0.25) is 0 Å². The summed E-state index contributed by atoms with van der Waals surface area (Å²) in [6.07, 6.45) is 8.64. The summed E-state index contributed by atoms with van der Waals surface area (Å²) in [6.45, 7) is 8.31. The highest BCUT2D eigenvalue weighted by Gasteiger charge is 2.30. The lowest BCUT2D eigenvalue weighted by Gasteiger charge is -2.35. The average molecular weight is 224 g/mol. The van der Waals surface area contributed by atoms with Gasteiger partial charge in [0.05, 0.1) is 0 Å². The molecule has 0 saturated heterocycles. The van der Waals surface area contributed by atoms with Crippen LogP contribution in [0.4, 0.5) is 0 Å². The zero-order valence-corrected chi connectivity index (χ0v) is 11.0. The molecule has 0 amide bonds. The molecule has 2 rings (SSSR count). The van der Waals surface area contributed by atoms with Gasteiger partial charge in [-0.2, -0.15) is 0 Å². The lowest BCUT2D eigenvalue weighted by atomic mass is 9.85. The predicted molar refractivity (Wildman–Crippen MR) is 69.7 cm³/mol. The van der Waals surface area contributed by atoms with Gasteiger partial charge in [-0.3, -0.25) is 0 Å². The van der Waals surface area contributed by atoms with Crippen molar-refractivity contribution in [3.63, 3.8) is 0 Å². The minimum absolute atomic E-state index is 0.797. The van der Waals surface area contributed by atoms with Crippen LogP contribution >= 0.6 is 0 Å². The molecule has 0 heterocycles. The van der Waals surface area contributed by atoms with Crippen LogP contribution in [-0.4, -0.2) is 36.6 Å². The van der Waals surface area contributed by atoms with Crippen molar-refractivity contribution in [3.05, 3.63) is 0 Å². The molecule has 0 spiro atoms. The van der Waals surface area contributed by atoms with E-state index < -0.39 is 0 Å². The van der Waals surface area contributed by atoms with E-state index in [1.54, 1.807) is 0 Å². The van der Waals surface area contributed by atoms with E-state index in [0.29, 0.717) is 0 Å². The molecule has 0 radical (unpaired) electrons. The molecule has 94 valence electrons. The molecule has 2 heteroatoms. The number of nitrogens with zero attached hydrogens (tertiary/aromatic N) is 1. The third kappa shape index (κ3) is 2.98. The van der Waals surface area contributed by atoms with Gasteiger partial charge in [0.15, 0.2) is 0 Å². The highest BCUT2D eigenvalue weighted by atomic mass is 15.2. The van der Waals surface area contributed by atoms with Crippen molar-refractivity contribution in [2.45, 2.75) is 64.5 Å². The van der Waals surface area contributed by atoms with Crippen LogP contribution in [0.5, 0.6) is 0 Å². The Kier molecular flexibility index (Phi) is 4.66. The van der Waals surface area contributed by atoms with Crippen molar-refractivity contribution in [1.82, 2.24) is 10.2 Å². The third-order valence-corrected chi connectivity index (χ3v) is 4.54. The van der Waals surface area contributed by atoms with Crippen LogP contribution in [0.2, 0.25) is 0 Å². The van der Waals surface area contributed by atoms with Gasteiger partial charge < -0.3 is 10.2 Å². The Morgan fingerprint density at radius 1 is 1.12 bits per heavy atom. The molecule has 2 nitrogen and oxygen atoms in total. The molecule has 0 bridgehead atoms. The largest absolute Gasteiger partial charge is 0.314 e. The first-order valence-electron chi connectivity index (χ1n) is 7.30. The van der Waals surface area contributed by atoms with Gasteiger partial charge in [-0.15, -0.1) is 0 Å². The Morgan fingerprint density at radius 2 is 1.94 bits per heavy atom. The second kappa shape index (κ2) is 6.02. The fraction of sp³-hybridized carbons (Fsp3) is 1.00. The average Bonchev–Trinajstić information content (AvgIpc) is 2.66. The van der Waals surface area contributed by atoms with Crippen molar-refractivity contribution in [1.29, 1.82) is 0 Å². The lowest BCUT2D eigenvalue weighted by molar-refractivity contribution is 0.138. The molecule has 0 aromatic rings. The molecule has 16 heavy (non-hydrogen) atoms. The summed E-state index contributed by atoms with van der Waals surface area (Å²) in [6, 6.07) is 1.67. The molecule has 0 aliphatic heterocycles. The number of nitrogens with one attached hydrogen (secondary N) is 1. The monoisotopic (exact) mass is 224 g/mol. The lowest BCUT2D eigenvalue weighted by Crippen LogP contribution is -2.40. The Morgan fingerprint density at radius 3 is 2.50 bits per heavy atom. The number of hydrogen-bond acceptors (Lipinski definition) is 2. The van der Waals surface area contributed by atoms with Crippen LogP contribution < -0.4 is 5.32 Å². The fourth-order valence-corrected chi connectivity index (χ4v) is 3.31. The van der Waals surface area contributed by atoms with E-state index in [4.69, 9.17) is 0 Å². The molecule has 2 fully saturated rings. The van der Waals surface area contributed by atoms with E-state index in [1.807, 2.05) is 0 Å². The summed E-state index contributed by atoms with van der Waals surface area (Å²) in [5.41, 5.74) is 0. The zero-order chi connectivity index (χ0) is 11.4. The van der Waals surface area contributed by atoms with E-state index >= 15 is 0 Å². The highest BCUT2D eigenvalue weighted by Crippen LogP contribution is 2.30. The van der Waals surface area contributed by atoms with Gasteiger partial charge in [-0.1, -0.05) is 20.3 Å². The normalized spacial score (nSPS) is 30.9. The molecule has 0 aromatic carbocycles. The van der Waals surface area contributed by atoms with Crippen LogP contribution in [0.1, 0.15) is 52.4 Å². The van der Waals surface area contributed by atoms with Crippen molar-refractivity contribution < 1.29 is 0 Å². The molecule has 2 aliphatic rings. The number of rotatable bonds is 6. The molecular weight excluding hydrogens is 196 g/mol. The first-order valence-corrected chi connectivity index (χ1v) is 7.30. The number of hydrogen-bond donors (Lipinski definition) is 1. The summed E-state index contributed by atoms with van der Waals surface area (Å²) < 4.78 is 0. The Bertz CT molecular complexity index is 201. The van der Waals surface area contributed by atoms with Crippen LogP contribution in [0.15, 0.2) is 0 Å². The Hall–Kier alpha value is -0.0800. The maximum absolute atomic E-state index is 3.61. The Balaban J connectivity index is 1.75. The van der Waals surface area contributed by atoms with Crippen molar-refractivity contribution in [2.24, 2.45) is 5.92 Å². The smallest absolute Gasteiger partial charge is 0.0111 e. The topological polar surface area (TPSA) is 15.3 Å². The first kappa shape index (κ1) is 12.4. The van der Waals surface area contributed by atoms with E-state index in [0.717, 1.165) is 24.5 Å². The van der Waals surface area contributed by atoms with Gasteiger partial charge >= 0.3 is 0 Å². The summed E-state index contributed by atoms with van der Waals surface area (Å²) >= 11 is 0. The minimum Gasteiger partial charge on any atom is -0.314 e. The third-order valence-electron chi connectivity index (χ3n) is 4.54. The summed E-state index contributed by atoms with van der Waals surface area (Å²) in [5, 5.41) is 3.61. The molecule has 2 saturated carbocycles. The van der Waals surface area contributed by atoms with Crippen molar-refractivity contribution >= 4 is 0 Å². The Labute approximate surface area is 101 Å². The van der Waals surface area contributed by atoms with Crippen LogP contribution in [0, 0.1) is 5.92 Å². The zero-order valence-electron chi connectivity index (χ0n) is 11.0. The molecule has 0 aromatic heterocycles. The van der Waals surface area contributed by atoms with Gasteiger partial charge in [0, 0.05) is 18.6 Å². The van der Waals surface area contributed by atoms with Gasteiger partial charge in [0.1, 0.15) is 0 Å². The minimum atomic E-state index is 0.797. The molecule has 1 N–H and O–H groups in total. The van der Waals surface area contributed by atoms with Crippen LogP contribution in [-0.2, 0) is 0 Å². The second-order valence-corrected chi connectivity index (χ2v) is 5.61. The fourth-order valence-electron chi connectivity index (χ4n) is 3.31. The summed E-state index contributed by atoms with van der Waals surface area (Å²) in [4.78, 5) is 2.75. The van der Waals surface area contributed by atoms with Crippen molar-refractivity contribution in [3.8, 4) is 0 Å². The first-order chi connectivity index (χ1) is 7.83.